The highest BCUT2D eigenvalue weighted by Gasteiger charge is 2.26. The predicted molar refractivity (Wildman–Crippen MR) is 93.5 cm³/mol. The van der Waals surface area contributed by atoms with Crippen LogP contribution < -0.4 is 4.74 Å². The van der Waals surface area contributed by atoms with Crippen LogP contribution in [0.4, 0.5) is 5.69 Å². The minimum atomic E-state index is -0.943. The molecule has 0 aliphatic rings. The van der Waals surface area contributed by atoms with Gasteiger partial charge in [0.1, 0.15) is 11.2 Å². The Morgan fingerprint density at radius 3 is 2.04 bits per heavy atom. The van der Waals surface area contributed by atoms with E-state index in [1.54, 1.807) is 41.5 Å². The second kappa shape index (κ2) is 7.99. The summed E-state index contributed by atoms with van der Waals surface area (Å²) in [4.78, 5) is 34.8. The molecule has 0 bridgehead atoms. The fourth-order valence-corrected chi connectivity index (χ4v) is 1.71. The molecule has 1 aromatic carbocycles. The van der Waals surface area contributed by atoms with Gasteiger partial charge in [-0.1, -0.05) is 12.1 Å². The smallest absolute Gasteiger partial charge is 0.375 e. The SMILES string of the molecule is CC(C)(C)OC(=O)/C=C(\Oc1ccccc1[N+](=O)[O-])C(=O)OC(C)(C)C. The Morgan fingerprint density at radius 2 is 1.54 bits per heavy atom. The van der Waals surface area contributed by atoms with Crippen LogP contribution in [0.15, 0.2) is 36.1 Å². The lowest BCUT2D eigenvalue weighted by molar-refractivity contribution is -0.385. The first kappa shape index (κ1) is 21.1. The van der Waals surface area contributed by atoms with Crippen LogP contribution in [0.3, 0.4) is 0 Å². The number of carbonyl (C=O) groups excluding carboxylic acids is 2. The van der Waals surface area contributed by atoms with Gasteiger partial charge in [0.05, 0.1) is 11.0 Å². The molecule has 0 saturated heterocycles. The molecule has 0 radical (unpaired) electrons. The summed E-state index contributed by atoms with van der Waals surface area (Å²) in [5.74, 6) is -2.49. The number of carbonyl (C=O) groups is 2. The molecule has 0 aliphatic heterocycles. The first-order valence-electron chi connectivity index (χ1n) is 7.88. The Bertz CT molecular complexity index is 724. The standard InChI is InChI=1S/C18H23NO7/c1-17(2,3)25-15(20)11-14(16(21)26-18(4,5)6)24-13-10-8-7-9-12(13)19(22)23/h7-11H,1-6H3/b14-11-. The molecule has 0 N–H and O–H groups in total. The van der Waals surface area contributed by atoms with E-state index in [1.807, 2.05) is 0 Å². The maximum atomic E-state index is 12.4. The van der Waals surface area contributed by atoms with Gasteiger partial charge >= 0.3 is 17.6 Å². The number of hydrogen-bond acceptors (Lipinski definition) is 7. The minimum absolute atomic E-state index is 0.196. The molecular weight excluding hydrogens is 342 g/mol. The van der Waals surface area contributed by atoms with E-state index in [1.165, 1.54) is 24.3 Å². The largest absolute Gasteiger partial charge is 0.457 e. The van der Waals surface area contributed by atoms with Crippen LogP contribution in [-0.2, 0) is 19.1 Å². The monoisotopic (exact) mass is 365 g/mol. The molecule has 0 spiro atoms. The van der Waals surface area contributed by atoms with Gasteiger partial charge in [0.25, 0.3) is 0 Å². The first-order chi connectivity index (χ1) is 11.8. The lowest BCUT2D eigenvalue weighted by Gasteiger charge is -2.21. The van der Waals surface area contributed by atoms with Crippen molar-refractivity contribution in [1.82, 2.24) is 0 Å². The van der Waals surface area contributed by atoms with Crippen LogP contribution in [0.2, 0.25) is 0 Å². The Kier molecular flexibility index (Phi) is 6.49. The summed E-state index contributed by atoms with van der Waals surface area (Å²) in [6, 6.07) is 5.49. The third kappa shape index (κ3) is 7.33. The van der Waals surface area contributed by atoms with E-state index >= 15 is 0 Å². The zero-order chi connectivity index (χ0) is 20.1. The normalized spacial score (nSPS) is 12.3. The number of rotatable bonds is 5. The van der Waals surface area contributed by atoms with E-state index in [-0.39, 0.29) is 11.4 Å². The Balaban J connectivity index is 3.23. The maximum absolute atomic E-state index is 12.4. The Morgan fingerprint density at radius 1 is 1.00 bits per heavy atom. The summed E-state index contributed by atoms with van der Waals surface area (Å²) in [6.07, 6.45) is 0.816. The van der Waals surface area contributed by atoms with Crippen LogP contribution in [0.1, 0.15) is 41.5 Å². The van der Waals surface area contributed by atoms with Gasteiger partial charge in [0, 0.05) is 6.07 Å². The van der Waals surface area contributed by atoms with Crippen molar-refractivity contribution in [1.29, 1.82) is 0 Å². The van der Waals surface area contributed by atoms with Crippen LogP contribution in [0, 0.1) is 10.1 Å². The summed E-state index contributed by atoms with van der Waals surface area (Å²) in [7, 11) is 0. The van der Waals surface area contributed by atoms with Crippen molar-refractivity contribution in [2.24, 2.45) is 0 Å². The van der Waals surface area contributed by atoms with Crippen molar-refractivity contribution in [2.45, 2.75) is 52.7 Å². The number of nitro benzene ring substituents is 1. The fraction of sp³-hybridized carbons (Fsp3) is 0.444. The number of nitrogens with zero attached hydrogens (tertiary/aromatic N) is 1. The molecule has 8 heteroatoms. The number of ether oxygens (including phenoxy) is 3. The van der Waals surface area contributed by atoms with Gasteiger partial charge in [0.15, 0.2) is 0 Å². The number of hydrogen-bond donors (Lipinski definition) is 0. The van der Waals surface area contributed by atoms with E-state index in [4.69, 9.17) is 14.2 Å². The van der Waals surface area contributed by atoms with Crippen molar-refractivity contribution in [3.05, 3.63) is 46.2 Å². The Hall–Kier alpha value is -2.90. The number of benzene rings is 1. The predicted octanol–water partition coefficient (Wildman–Crippen LogP) is 3.54. The zero-order valence-corrected chi connectivity index (χ0v) is 15.7. The lowest BCUT2D eigenvalue weighted by atomic mass is 10.2. The van der Waals surface area contributed by atoms with E-state index in [2.05, 4.69) is 0 Å². The molecule has 0 fully saturated rings. The molecule has 0 unspecified atom stereocenters. The molecule has 0 amide bonds. The molecule has 0 saturated carbocycles. The summed E-state index contributed by atoms with van der Waals surface area (Å²) in [5, 5.41) is 11.1. The minimum Gasteiger partial charge on any atom is -0.457 e. The average molecular weight is 365 g/mol. The molecule has 26 heavy (non-hydrogen) atoms. The average Bonchev–Trinajstić information content (AvgIpc) is 2.43. The van der Waals surface area contributed by atoms with Crippen LogP contribution in [0.25, 0.3) is 0 Å². The molecule has 0 heterocycles. The summed E-state index contributed by atoms with van der Waals surface area (Å²) < 4.78 is 15.7. The van der Waals surface area contributed by atoms with Crippen molar-refractivity contribution < 1.29 is 28.7 Å². The van der Waals surface area contributed by atoms with E-state index in [9.17, 15) is 19.7 Å². The van der Waals surface area contributed by atoms with Gasteiger partial charge in [-0.2, -0.15) is 0 Å². The Labute approximate surface area is 151 Å². The topological polar surface area (TPSA) is 105 Å². The highest BCUT2D eigenvalue weighted by molar-refractivity contribution is 5.95. The molecule has 0 aromatic heterocycles. The molecule has 0 atom stereocenters. The maximum Gasteiger partial charge on any atom is 0.375 e. The summed E-state index contributed by atoms with van der Waals surface area (Å²) in [6.45, 7) is 9.90. The van der Waals surface area contributed by atoms with Crippen molar-refractivity contribution in [3.8, 4) is 5.75 Å². The molecule has 142 valence electrons. The summed E-state index contributed by atoms with van der Waals surface area (Å²) in [5.41, 5.74) is -1.99. The van der Waals surface area contributed by atoms with Gasteiger partial charge in [0.2, 0.25) is 11.5 Å². The van der Waals surface area contributed by atoms with E-state index in [0.29, 0.717) is 0 Å². The van der Waals surface area contributed by atoms with Gasteiger partial charge < -0.3 is 14.2 Å². The molecule has 1 rings (SSSR count). The quantitative estimate of drug-likeness (QED) is 0.258. The molecule has 1 aromatic rings. The third-order valence-corrected chi connectivity index (χ3v) is 2.54. The van der Waals surface area contributed by atoms with Crippen LogP contribution in [-0.4, -0.2) is 28.1 Å². The van der Waals surface area contributed by atoms with Crippen LogP contribution in [0.5, 0.6) is 5.75 Å². The highest BCUT2D eigenvalue weighted by Crippen LogP contribution is 2.28. The van der Waals surface area contributed by atoms with Crippen LogP contribution >= 0.6 is 0 Å². The second-order valence-corrected chi connectivity index (χ2v) is 7.37. The van der Waals surface area contributed by atoms with Gasteiger partial charge in [-0.05, 0) is 47.6 Å². The molecule has 8 nitrogen and oxygen atoms in total. The molecule has 0 aliphatic carbocycles. The number of nitro groups is 1. The van der Waals surface area contributed by atoms with Gasteiger partial charge in [-0.15, -0.1) is 0 Å². The van der Waals surface area contributed by atoms with Crippen molar-refractivity contribution in [3.63, 3.8) is 0 Å². The first-order valence-corrected chi connectivity index (χ1v) is 7.88. The summed E-state index contributed by atoms with van der Waals surface area (Å²) >= 11 is 0. The number of esters is 2. The highest BCUT2D eigenvalue weighted by atomic mass is 16.6. The van der Waals surface area contributed by atoms with E-state index in [0.717, 1.165) is 6.08 Å². The second-order valence-electron chi connectivity index (χ2n) is 7.37. The third-order valence-electron chi connectivity index (χ3n) is 2.54. The lowest BCUT2D eigenvalue weighted by Crippen LogP contribution is -2.28. The van der Waals surface area contributed by atoms with E-state index < -0.39 is 33.8 Å². The van der Waals surface area contributed by atoms with Gasteiger partial charge in [-0.3, -0.25) is 10.1 Å². The zero-order valence-electron chi connectivity index (χ0n) is 15.7. The number of para-hydroxylation sites is 2. The van der Waals surface area contributed by atoms with Crippen molar-refractivity contribution >= 4 is 17.6 Å². The fourth-order valence-electron chi connectivity index (χ4n) is 1.71. The van der Waals surface area contributed by atoms with Gasteiger partial charge in [-0.25, -0.2) is 9.59 Å². The van der Waals surface area contributed by atoms with Crippen molar-refractivity contribution in [2.75, 3.05) is 0 Å². The molecular formula is C18H23NO7.